The van der Waals surface area contributed by atoms with Crippen molar-refractivity contribution >= 4 is 0 Å². The standard InChI is InChI=1S/C32H44F6O4/c1-20-23(18-24(39)19-27(20)40)12-11-22-9-6-16-29(4)25(13-14-26(22)29)21(8-5-15-28(2,3)41)10-7-17-30(42,31(33,34)35)32(36,37)38/h11-12,21,24-27,39-42H,1,5-6,8-10,13-16,18-19H2,2-4H3/t21-,24?,25+,26?,27-,29+/m0/s1. The Morgan fingerprint density at radius 2 is 1.69 bits per heavy atom. The van der Waals surface area contributed by atoms with Gasteiger partial charge >= 0.3 is 18.0 Å². The zero-order valence-corrected chi connectivity index (χ0v) is 24.6. The van der Waals surface area contributed by atoms with Gasteiger partial charge in [-0.25, -0.2) is 0 Å². The van der Waals surface area contributed by atoms with Crippen LogP contribution in [0.15, 0.2) is 35.5 Å². The van der Waals surface area contributed by atoms with Gasteiger partial charge in [0.15, 0.2) is 0 Å². The summed E-state index contributed by atoms with van der Waals surface area (Å²) in [5, 5.41) is 40.0. The summed E-state index contributed by atoms with van der Waals surface area (Å²) in [5.74, 6) is 3.04. The maximum atomic E-state index is 13.2. The smallest absolute Gasteiger partial charge is 0.393 e. The lowest BCUT2D eigenvalue weighted by Gasteiger charge is -2.45. The van der Waals surface area contributed by atoms with Crippen molar-refractivity contribution in [3.05, 3.63) is 35.5 Å². The molecule has 0 saturated heterocycles. The molecule has 3 fully saturated rings. The number of rotatable bonds is 7. The van der Waals surface area contributed by atoms with Crippen molar-refractivity contribution in [3.63, 3.8) is 0 Å². The number of aliphatic hydroxyl groups is 4. The Balaban J connectivity index is 1.89. The van der Waals surface area contributed by atoms with Gasteiger partial charge in [0.25, 0.3) is 0 Å². The molecule has 3 aliphatic rings. The van der Waals surface area contributed by atoms with Crippen LogP contribution < -0.4 is 0 Å². The van der Waals surface area contributed by atoms with E-state index in [1.165, 1.54) is 5.57 Å². The summed E-state index contributed by atoms with van der Waals surface area (Å²) in [6, 6.07) is 0. The lowest BCUT2D eigenvalue weighted by atomic mass is 9.60. The molecule has 10 heteroatoms. The molecule has 0 bridgehead atoms. The molecule has 4 N–H and O–H groups in total. The average molecular weight is 607 g/mol. The molecule has 4 nitrogen and oxygen atoms in total. The number of alkyl halides is 6. The van der Waals surface area contributed by atoms with Gasteiger partial charge in [0, 0.05) is 12.8 Å². The molecule has 0 aromatic rings. The maximum absolute atomic E-state index is 13.2. The van der Waals surface area contributed by atoms with Crippen LogP contribution in [0.3, 0.4) is 0 Å². The first kappa shape index (κ1) is 34.7. The SMILES string of the molecule is C=C1C(=CC=C2CCC[C@@]3(C)C2CC[C@@H]3[C@H](CC#CC(O)(C(F)(F)F)C(F)(F)F)CCCC(C)(C)O)CC(O)C[C@@H]1O. The molecule has 6 atom stereocenters. The second-order valence-corrected chi connectivity index (χ2v) is 13.3. The topological polar surface area (TPSA) is 80.9 Å². The zero-order valence-electron chi connectivity index (χ0n) is 24.6. The molecular formula is C32H44F6O4. The summed E-state index contributed by atoms with van der Waals surface area (Å²) >= 11 is 0. The van der Waals surface area contributed by atoms with E-state index in [1.807, 2.05) is 12.2 Å². The van der Waals surface area contributed by atoms with Crippen molar-refractivity contribution < 1.29 is 46.8 Å². The zero-order chi connectivity index (χ0) is 31.7. The highest BCUT2D eigenvalue weighted by molar-refractivity contribution is 5.38. The van der Waals surface area contributed by atoms with Crippen LogP contribution in [0.4, 0.5) is 26.3 Å². The molecule has 3 rings (SSSR count). The number of allylic oxidation sites excluding steroid dienone is 3. The summed E-state index contributed by atoms with van der Waals surface area (Å²) in [6.07, 6.45) is -3.56. The molecule has 2 unspecified atom stereocenters. The molecule has 42 heavy (non-hydrogen) atoms. The molecule has 238 valence electrons. The predicted octanol–water partition coefficient (Wildman–Crippen LogP) is 6.93. The van der Waals surface area contributed by atoms with Gasteiger partial charge in [0.1, 0.15) is 0 Å². The van der Waals surface area contributed by atoms with Crippen LogP contribution in [0.5, 0.6) is 0 Å². The summed E-state index contributed by atoms with van der Waals surface area (Å²) in [6.45, 7) is 9.40. The fourth-order valence-electron chi connectivity index (χ4n) is 7.37. The molecular weight excluding hydrogens is 562 g/mol. The maximum Gasteiger partial charge on any atom is 0.438 e. The van der Waals surface area contributed by atoms with E-state index >= 15 is 0 Å². The van der Waals surface area contributed by atoms with Crippen molar-refractivity contribution in [3.8, 4) is 11.8 Å². The summed E-state index contributed by atoms with van der Waals surface area (Å²) in [4.78, 5) is 0. The van der Waals surface area contributed by atoms with Gasteiger partial charge in [0.05, 0.1) is 17.8 Å². The first-order chi connectivity index (χ1) is 19.2. The Kier molecular flexibility index (Phi) is 10.5. The minimum atomic E-state index is -5.99. The molecule has 0 aromatic heterocycles. The summed E-state index contributed by atoms with van der Waals surface area (Å²) < 4.78 is 79.3. The Bertz CT molecular complexity index is 1090. The minimum Gasteiger partial charge on any atom is -0.393 e. The van der Waals surface area contributed by atoms with Crippen LogP contribution in [0, 0.1) is 35.0 Å². The van der Waals surface area contributed by atoms with Gasteiger partial charge in [-0.2, -0.15) is 26.3 Å². The molecule has 0 radical (unpaired) electrons. The second-order valence-electron chi connectivity index (χ2n) is 13.3. The number of hydrogen-bond donors (Lipinski definition) is 4. The van der Waals surface area contributed by atoms with Gasteiger partial charge < -0.3 is 20.4 Å². The molecule has 0 amide bonds. The van der Waals surface area contributed by atoms with E-state index < -0.39 is 35.8 Å². The van der Waals surface area contributed by atoms with Gasteiger partial charge in [-0.1, -0.05) is 43.6 Å². The first-order valence-corrected chi connectivity index (χ1v) is 14.7. The third-order valence-electron chi connectivity index (χ3n) is 9.69. The number of fused-ring (bicyclic) bond motifs is 1. The van der Waals surface area contributed by atoms with Gasteiger partial charge in [0.2, 0.25) is 0 Å². The fourth-order valence-corrected chi connectivity index (χ4v) is 7.37. The number of hydrogen-bond acceptors (Lipinski definition) is 4. The van der Waals surface area contributed by atoms with Crippen molar-refractivity contribution in [2.75, 3.05) is 0 Å². The van der Waals surface area contributed by atoms with Gasteiger partial charge in [-0.05, 0) is 105 Å². The fraction of sp³-hybridized carbons (Fsp3) is 0.750. The van der Waals surface area contributed by atoms with E-state index in [0.29, 0.717) is 31.3 Å². The van der Waals surface area contributed by atoms with E-state index in [0.717, 1.165) is 43.6 Å². The lowest BCUT2D eigenvalue weighted by Crippen LogP contribution is -2.55. The van der Waals surface area contributed by atoms with Crippen molar-refractivity contribution in [2.45, 2.75) is 127 Å². The van der Waals surface area contributed by atoms with Crippen molar-refractivity contribution in [2.24, 2.45) is 23.2 Å². The summed E-state index contributed by atoms with van der Waals surface area (Å²) in [5.41, 5.74) is -3.75. The van der Waals surface area contributed by atoms with Gasteiger partial charge in [-0.3, -0.25) is 0 Å². The van der Waals surface area contributed by atoms with Gasteiger partial charge in [-0.15, -0.1) is 0 Å². The normalized spacial score (nSPS) is 32.1. The number of halogens is 6. The Morgan fingerprint density at radius 1 is 1.05 bits per heavy atom. The highest BCUT2D eigenvalue weighted by Gasteiger charge is 2.70. The molecule has 0 aliphatic heterocycles. The summed E-state index contributed by atoms with van der Waals surface area (Å²) in [7, 11) is 0. The molecule has 3 aliphatic carbocycles. The van der Waals surface area contributed by atoms with E-state index in [4.69, 9.17) is 0 Å². The molecule has 0 heterocycles. The first-order valence-electron chi connectivity index (χ1n) is 14.7. The number of aliphatic hydroxyl groups excluding tert-OH is 2. The quantitative estimate of drug-likeness (QED) is 0.187. The van der Waals surface area contributed by atoms with E-state index in [2.05, 4.69) is 19.4 Å². The minimum absolute atomic E-state index is 0.0203. The van der Waals surface area contributed by atoms with Crippen LogP contribution in [0.25, 0.3) is 0 Å². The molecule has 3 saturated carbocycles. The lowest BCUT2D eigenvalue weighted by molar-refractivity contribution is -0.343. The van der Waals surface area contributed by atoms with E-state index in [-0.39, 0.29) is 36.0 Å². The van der Waals surface area contributed by atoms with E-state index in [9.17, 15) is 46.8 Å². The largest absolute Gasteiger partial charge is 0.438 e. The monoisotopic (exact) mass is 606 g/mol. The Morgan fingerprint density at radius 3 is 2.29 bits per heavy atom. The molecule has 0 spiro atoms. The van der Waals surface area contributed by atoms with Crippen molar-refractivity contribution in [1.82, 2.24) is 0 Å². The highest BCUT2D eigenvalue weighted by Crippen LogP contribution is 2.60. The van der Waals surface area contributed by atoms with Crippen molar-refractivity contribution in [1.29, 1.82) is 0 Å². The third-order valence-corrected chi connectivity index (χ3v) is 9.69. The Hall–Kier alpha value is -1.80. The predicted molar refractivity (Wildman–Crippen MR) is 148 cm³/mol. The second kappa shape index (κ2) is 12.7. The van der Waals surface area contributed by atoms with Crippen LogP contribution >= 0.6 is 0 Å². The molecule has 0 aromatic carbocycles. The third kappa shape index (κ3) is 7.64. The van der Waals surface area contributed by atoms with Crippen LogP contribution in [0.2, 0.25) is 0 Å². The van der Waals surface area contributed by atoms with Crippen LogP contribution in [-0.4, -0.2) is 56.2 Å². The van der Waals surface area contributed by atoms with Crippen LogP contribution in [-0.2, 0) is 0 Å². The van der Waals surface area contributed by atoms with Crippen LogP contribution in [0.1, 0.15) is 91.4 Å². The Labute approximate surface area is 244 Å². The highest BCUT2D eigenvalue weighted by atomic mass is 19.4. The van der Waals surface area contributed by atoms with E-state index in [1.54, 1.807) is 13.8 Å². The average Bonchev–Trinajstić information content (AvgIpc) is 3.19.